The molecule has 7 heteroatoms. The molecule has 1 rings (SSSR count). The van der Waals surface area contributed by atoms with Crippen LogP contribution >= 0.6 is 0 Å². The van der Waals surface area contributed by atoms with Crippen molar-refractivity contribution in [3.63, 3.8) is 0 Å². The molecule has 0 bridgehead atoms. The van der Waals surface area contributed by atoms with Crippen molar-refractivity contribution < 1.29 is 10.0 Å². The van der Waals surface area contributed by atoms with Crippen LogP contribution in [0.1, 0.15) is 19.2 Å². The van der Waals surface area contributed by atoms with Crippen LogP contribution in [0.15, 0.2) is 17.5 Å². The number of hydrogen-bond acceptors (Lipinski definition) is 4. The zero-order valence-corrected chi connectivity index (χ0v) is 8.97. The molecule has 1 heterocycles. The van der Waals surface area contributed by atoms with Gasteiger partial charge >= 0.3 is 0 Å². The topological polar surface area (TPSA) is 116 Å². The number of nitrogens with zero attached hydrogens (tertiary/aromatic N) is 2. The number of aromatic nitrogens is 2. The number of hydrogen-bond donors (Lipinski definition) is 4. The number of nitrogens with one attached hydrogen (secondary N) is 2. The Bertz CT molecular complexity index is 360. The van der Waals surface area contributed by atoms with Crippen molar-refractivity contribution >= 4 is 11.7 Å². The first-order chi connectivity index (χ1) is 7.69. The Morgan fingerprint density at radius 1 is 1.81 bits per heavy atom. The fraction of sp³-hybridized carbons (Fsp3) is 0.444. The van der Waals surface area contributed by atoms with E-state index in [0.717, 1.165) is 0 Å². The number of carbonyl (C=O) groups excluding carboxylic acids is 1. The van der Waals surface area contributed by atoms with E-state index in [4.69, 9.17) is 10.9 Å². The van der Waals surface area contributed by atoms with E-state index in [9.17, 15) is 4.79 Å². The Labute approximate surface area is 92.7 Å². The third-order valence-corrected chi connectivity index (χ3v) is 2.18. The zero-order valence-electron chi connectivity index (χ0n) is 8.97. The van der Waals surface area contributed by atoms with Crippen molar-refractivity contribution in [2.24, 2.45) is 16.8 Å². The smallest absolute Gasteiger partial charge is 0.231 e. The normalized spacial score (nSPS) is 13.4. The molecule has 0 aromatic carbocycles. The maximum absolute atomic E-state index is 11.6. The molecule has 1 aromatic rings. The molecule has 5 N–H and O–H groups in total. The first-order valence-electron chi connectivity index (χ1n) is 4.92. The molecule has 1 atom stereocenters. The van der Waals surface area contributed by atoms with Gasteiger partial charge in [0, 0.05) is 12.4 Å². The van der Waals surface area contributed by atoms with Gasteiger partial charge in [-0.05, 0) is 6.42 Å². The van der Waals surface area contributed by atoms with Gasteiger partial charge in [-0.1, -0.05) is 12.1 Å². The minimum atomic E-state index is -0.611. The summed E-state index contributed by atoms with van der Waals surface area (Å²) >= 11 is 0. The molecule has 16 heavy (non-hydrogen) atoms. The number of H-pyrrole nitrogens is 1. The van der Waals surface area contributed by atoms with Gasteiger partial charge in [-0.3, -0.25) is 4.79 Å². The summed E-state index contributed by atoms with van der Waals surface area (Å²) in [5.74, 6) is -0.323. The second kappa shape index (κ2) is 5.74. The van der Waals surface area contributed by atoms with Crippen LogP contribution in [0.5, 0.6) is 0 Å². The highest BCUT2D eigenvalue weighted by Crippen LogP contribution is 2.03. The van der Waals surface area contributed by atoms with Gasteiger partial charge in [0.2, 0.25) is 5.91 Å². The van der Waals surface area contributed by atoms with Crippen LogP contribution in [-0.2, 0) is 11.3 Å². The van der Waals surface area contributed by atoms with Crippen molar-refractivity contribution in [1.82, 2.24) is 15.3 Å². The molecule has 1 aromatic heterocycles. The number of imidazole rings is 1. The molecule has 1 amide bonds. The molecule has 0 fully saturated rings. The fourth-order valence-electron chi connectivity index (χ4n) is 1.29. The Morgan fingerprint density at radius 3 is 3.06 bits per heavy atom. The van der Waals surface area contributed by atoms with Crippen molar-refractivity contribution in [3.05, 3.63) is 18.2 Å². The van der Waals surface area contributed by atoms with E-state index in [2.05, 4.69) is 20.4 Å². The second-order valence-corrected chi connectivity index (χ2v) is 3.24. The van der Waals surface area contributed by atoms with Crippen LogP contribution in [0.4, 0.5) is 0 Å². The Kier molecular flexibility index (Phi) is 4.31. The summed E-state index contributed by atoms with van der Waals surface area (Å²) in [5.41, 5.74) is 5.39. The van der Waals surface area contributed by atoms with Gasteiger partial charge in [0.05, 0.1) is 12.5 Å². The molecular formula is C9H15N5O2. The van der Waals surface area contributed by atoms with Crippen LogP contribution < -0.4 is 11.1 Å². The van der Waals surface area contributed by atoms with Crippen molar-refractivity contribution in [1.29, 1.82) is 0 Å². The maximum Gasteiger partial charge on any atom is 0.231 e. The lowest BCUT2D eigenvalue weighted by Crippen LogP contribution is -2.38. The summed E-state index contributed by atoms with van der Waals surface area (Å²) in [4.78, 5) is 18.5. The van der Waals surface area contributed by atoms with Crippen molar-refractivity contribution in [2.45, 2.75) is 19.9 Å². The second-order valence-electron chi connectivity index (χ2n) is 3.24. The first kappa shape index (κ1) is 12.0. The van der Waals surface area contributed by atoms with Crippen LogP contribution in [0.2, 0.25) is 0 Å². The van der Waals surface area contributed by atoms with E-state index in [-0.39, 0.29) is 11.7 Å². The SMILES string of the molecule is CCC(C(=O)NCc1ncc[nH]1)C(N)=NO. The third-order valence-electron chi connectivity index (χ3n) is 2.18. The lowest BCUT2D eigenvalue weighted by molar-refractivity contribution is -0.123. The molecule has 0 saturated carbocycles. The average Bonchev–Trinajstić information content (AvgIpc) is 2.79. The zero-order chi connectivity index (χ0) is 12.0. The van der Waals surface area contributed by atoms with E-state index < -0.39 is 5.92 Å². The predicted molar refractivity (Wildman–Crippen MR) is 57.6 cm³/mol. The quantitative estimate of drug-likeness (QED) is 0.240. The van der Waals surface area contributed by atoms with Crippen LogP contribution in [0.25, 0.3) is 0 Å². The number of aromatic amines is 1. The molecule has 0 spiro atoms. The van der Waals surface area contributed by atoms with Gasteiger partial charge in [0.25, 0.3) is 0 Å². The molecule has 0 radical (unpaired) electrons. The Hall–Kier alpha value is -2.05. The minimum Gasteiger partial charge on any atom is -0.409 e. The number of amides is 1. The lowest BCUT2D eigenvalue weighted by atomic mass is 10.1. The van der Waals surface area contributed by atoms with Crippen LogP contribution in [0.3, 0.4) is 0 Å². The number of amidine groups is 1. The van der Waals surface area contributed by atoms with Gasteiger partial charge < -0.3 is 21.2 Å². The van der Waals surface area contributed by atoms with E-state index >= 15 is 0 Å². The summed E-state index contributed by atoms with van der Waals surface area (Å²) in [5, 5.41) is 14.0. The van der Waals surface area contributed by atoms with E-state index in [1.54, 1.807) is 19.3 Å². The number of oxime groups is 1. The first-order valence-corrected chi connectivity index (χ1v) is 4.92. The molecule has 0 aliphatic heterocycles. The maximum atomic E-state index is 11.6. The summed E-state index contributed by atoms with van der Waals surface area (Å²) in [6, 6.07) is 0. The van der Waals surface area contributed by atoms with E-state index in [1.165, 1.54) is 0 Å². The van der Waals surface area contributed by atoms with Gasteiger partial charge in [-0.2, -0.15) is 0 Å². The van der Waals surface area contributed by atoms with Gasteiger partial charge in [0.1, 0.15) is 5.82 Å². The van der Waals surface area contributed by atoms with Crippen LogP contribution in [-0.4, -0.2) is 26.9 Å². The summed E-state index contributed by atoms with van der Waals surface area (Å²) in [7, 11) is 0. The van der Waals surface area contributed by atoms with Gasteiger partial charge in [0.15, 0.2) is 5.84 Å². The molecule has 7 nitrogen and oxygen atoms in total. The lowest BCUT2D eigenvalue weighted by Gasteiger charge is -2.12. The van der Waals surface area contributed by atoms with Crippen molar-refractivity contribution in [2.75, 3.05) is 0 Å². The van der Waals surface area contributed by atoms with Crippen LogP contribution in [0, 0.1) is 5.92 Å². The Morgan fingerprint density at radius 2 is 2.56 bits per heavy atom. The molecule has 88 valence electrons. The van der Waals surface area contributed by atoms with E-state index in [0.29, 0.717) is 18.8 Å². The van der Waals surface area contributed by atoms with E-state index in [1.807, 2.05) is 0 Å². The number of rotatable bonds is 5. The molecule has 1 unspecified atom stereocenters. The van der Waals surface area contributed by atoms with Gasteiger partial charge in [-0.25, -0.2) is 4.98 Å². The fourth-order valence-corrected chi connectivity index (χ4v) is 1.29. The standard InChI is InChI=1S/C9H15N5O2/c1-2-6(8(10)14-16)9(15)13-5-7-11-3-4-12-7/h3-4,6,16H,2,5H2,1H3,(H2,10,14)(H,11,12)(H,13,15). The molecule has 0 aliphatic rings. The highest BCUT2D eigenvalue weighted by Gasteiger charge is 2.20. The third kappa shape index (κ3) is 2.97. The number of nitrogens with two attached hydrogens (primary N) is 1. The monoisotopic (exact) mass is 225 g/mol. The summed E-state index contributed by atoms with van der Waals surface area (Å²) < 4.78 is 0. The largest absolute Gasteiger partial charge is 0.409 e. The summed E-state index contributed by atoms with van der Waals surface area (Å²) in [6.07, 6.45) is 3.74. The predicted octanol–water partition coefficient (Wildman–Crippen LogP) is -0.201. The molecule has 0 aliphatic carbocycles. The molecular weight excluding hydrogens is 210 g/mol. The minimum absolute atomic E-state index is 0.0838. The van der Waals surface area contributed by atoms with Crippen molar-refractivity contribution in [3.8, 4) is 0 Å². The van der Waals surface area contributed by atoms with Gasteiger partial charge in [-0.15, -0.1) is 0 Å². The molecule has 0 saturated heterocycles. The average molecular weight is 225 g/mol. The summed E-state index contributed by atoms with van der Waals surface area (Å²) in [6.45, 7) is 2.08. The highest BCUT2D eigenvalue weighted by molar-refractivity contribution is 6.01. The number of carbonyl (C=O) groups is 1. The highest BCUT2D eigenvalue weighted by atomic mass is 16.4. The Balaban J connectivity index is 2.50.